The quantitative estimate of drug-likeness (QED) is 0.405. The van der Waals surface area contributed by atoms with E-state index in [1.54, 1.807) is 0 Å². The van der Waals surface area contributed by atoms with Crippen LogP contribution in [0.15, 0.2) is 41.5 Å². The Morgan fingerprint density at radius 1 is 1.28 bits per heavy atom. The van der Waals surface area contributed by atoms with Crippen LogP contribution >= 0.6 is 24.0 Å². The van der Waals surface area contributed by atoms with Gasteiger partial charge in [-0.25, -0.2) is 8.78 Å². The Hall–Kier alpha value is -1.64. The summed E-state index contributed by atoms with van der Waals surface area (Å²) < 4.78 is 28.9. The Morgan fingerprint density at radius 3 is 2.68 bits per heavy atom. The first-order chi connectivity index (χ1) is 11.5. The Balaban J connectivity index is 0.00000312. The maximum atomic E-state index is 13.7. The van der Waals surface area contributed by atoms with Crippen molar-refractivity contribution in [3.63, 3.8) is 0 Å². The molecule has 1 aromatic heterocycles. The van der Waals surface area contributed by atoms with Gasteiger partial charge in [0.2, 0.25) is 0 Å². The van der Waals surface area contributed by atoms with Crippen LogP contribution in [-0.2, 0) is 20.0 Å². The van der Waals surface area contributed by atoms with Gasteiger partial charge in [-0.15, -0.1) is 24.0 Å². The van der Waals surface area contributed by atoms with Crippen molar-refractivity contribution in [3.8, 4) is 0 Å². The molecular formula is C18H25F2IN4. The van der Waals surface area contributed by atoms with Gasteiger partial charge in [0.15, 0.2) is 5.96 Å². The van der Waals surface area contributed by atoms with Crippen molar-refractivity contribution in [2.24, 2.45) is 12.0 Å². The van der Waals surface area contributed by atoms with E-state index >= 15 is 0 Å². The summed E-state index contributed by atoms with van der Waals surface area (Å²) in [5.74, 6) is -0.0765. The summed E-state index contributed by atoms with van der Waals surface area (Å²) >= 11 is 0. The number of rotatable bonds is 6. The SMILES string of the molecule is CCNC(=NCCc1cc(F)ccc1F)N(C)Cc1cccn1C.I. The van der Waals surface area contributed by atoms with Crippen molar-refractivity contribution in [2.45, 2.75) is 19.9 Å². The molecular weight excluding hydrogens is 437 g/mol. The monoisotopic (exact) mass is 462 g/mol. The third kappa shape index (κ3) is 6.30. The summed E-state index contributed by atoms with van der Waals surface area (Å²) in [6.45, 7) is 3.84. The molecule has 0 aliphatic heterocycles. The molecule has 1 N–H and O–H groups in total. The number of aryl methyl sites for hydroxylation is 1. The summed E-state index contributed by atoms with van der Waals surface area (Å²) in [7, 11) is 3.96. The van der Waals surface area contributed by atoms with Crippen molar-refractivity contribution in [3.05, 3.63) is 59.4 Å². The van der Waals surface area contributed by atoms with E-state index in [4.69, 9.17) is 0 Å². The van der Waals surface area contributed by atoms with E-state index < -0.39 is 11.6 Å². The molecule has 0 saturated heterocycles. The standard InChI is InChI=1S/C18H24F2N4.HI/c1-4-21-18(24(3)13-16-6-5-11-23(16)2)22-10-9-14-12-15(19)7-8-17(14)20;/h5-8,11-12H,4,9-10,13H2,1-3H3,(H,21,22);1H. The minimum atomic E-state index is -0.428. The van der Waals surface area contributed by atoms with Crippen molar-refractivity contribution in [1.29, 1.82) is 0 Å². The highest BCUT2D eigenvalue weighted by Crippen LogP contribution is 2.10. The number of aromatic nitrogens is 1. The Morgan fingerprint density at radius 2 is 2.04 bits per heavy atom. The molecule has 0 aliphatic rings. The van der Waals surface area contributed by atoms with Gasteiger partial charge in [0.05, 0.1) is 6.54 Å². The van der Waals surface area contributed by atoms with Crippen molar-refractivity contribution in [1.82, 2.24) is 14.8 Å². The minimum absolute atomic E-state index is 0. The van der Waals surface area contributed by atoms with Crippen molar-refractivity contribution < 1.29 is 8.78 Å². The lowest BCUT2D eigenvalue weighted by Gasteiger charge is -2.22. The van der Waals surface area contributed by atoms with E-state index in [0.717, 1.165) is 24.6 Å². The highest BCUT2D eigenvalue weighted by atomic mass is 127. The lowest BCUT2D eigenvalue weighted by Crippen LogP contribution is -2.39. The highest BCUT2D eigenvalue weighted by Gasteiger charge is 2.09. The molecule has 4 nitrogen and oxygen atoms in total. The van der Waals surface area contributed by atoms with Crippen LogP contribution in [0, 0.1) is 11.6 Å². The van der Waals surface area contributed by atoms with Gasteiger partial charge in [-0.05, 0) is 49.2 Å². The lowest BCUT2D eigenvalue weighted by molar-refractivity contribution is 0.462. The molecule has 0 saturated carbocycles. The topological polar surface area (TPSA) is 32.6 Å². The molecule has 0 spiro atoms. The van der Waals surface area contributed by atoms with Crippen LogP contribution in [0.25, 0.3) is 0 Å². The van der Waals surface area contributed by atoms with Gasteiger partial charge in [-0.1, -0.05) is 0 Å². The molecule has 25 heavy (non-hydrogen) atoms. The maximum absolute atomic E-state index is 13.7. The summed E-state index contributed by atoms with van der Waals surface area (Å²) in [4.78, 5) is 6.54. The number of benzene rings is 1. The van der Waals surface area contributed by atoms with Crippen molar-refractivity contribution >= 4 is 29.9 Å². The molecule has 2 rings (SSSR count). The van der Waals surface area contributed by atoms with E-state index in [9.17, 15) is 8.78 Å². The first kappa shape index (κ1) is 21.4. The van der Waals surface area contributed by atoms with Crippen LogP contribution in [0.5, 0.6) is 0 Å². The second-order valence-electron chi connectivity index (χ2n) is 5.69. The van der Waals surface area contributed by atoms with Gasteiger partial charge in [0, 0.05) is 39.1 Å². The largest absolute Gasteiger partial charge is 0.357 e. The summed E-state index contributed by atoms with van der Waals surface area (Å²) in [5, 5.41) is 3.23. The van der Waals surface area contributed by atoms with Gasteiger partial charge >= 0.3 is 0 Å². The van der Waals surface area contributed by atoms with Crippen LogP contribution in [0.3, 0.4) is 0 Å². The molecule has 138 valence electrons. The number of hydrogen-bond donors (Lipinski definition) is 1. The molecule has 0 bridgehead atoms. The van der Waals surface area contributed by atoms with Crippen LogP contribution in [0.2, 0.25) is 0 Å². The van der Waals surface area contributed by atoms with E-state index in [1.165, 1.54) is 11.8 Å². The average Bonchev–Trinajstić information content (AvgIpc) is 2.94. The van der Waals surface area contributed by atoms with E-state index in [2.05, 4.69) is 20.9 Å². The zero-order valence-corrected chi connectivity index (χ0v) is 17.1. The lowest BCUT2D eigenvalue weighted by atomic mass is 10.1. The number of hydrogen-bond acceptors (Lipinski definition) is 1. The van der Waals surface area contributed by atoms with Crippen LogP contribution in [0.4, 0.5) is 8.78 Å². The van der Waals surface area contributed by atoms with E-state index in [0.29, 0.717) is 25.1 Å². The first-order valence-electron chi connectivity index (χ1n) is 8.05. The fourth-order valence-electron chi connectivity index (χ4n) is 2.47. The molecule has 0 amide bonds. The predicted octanol–water partition coefficient (Wildman–Crippen LogP) is 3.56. The Labute approximate surface area is 165 Å². The molecule has 2 aromatic rings. The summed E-state index contributed by atoms with van der Waals surface area (Å²) in [6, 6.07) is 7.56. The van der Waals surface area contributed by atoms with Gasteiger partial charge in [-0.3, -0.25) is 4.99 Å². The number of nitrogens with zero attached hydrogens (tertiary/aromatic N) is 3. The smallest absolute Gasteiger partial charge is 0.194 e. The normalized spacial score (nSPS) is 11.2. The second kappa shape index (κ2) is 10.4. The van der Waals surface area contributed by atoms with Gasteiger partial charge in [0.1, 0.15) is 11.6 Å². The Kier molecular flexibility index (Phi) is 8.88. The third-order valence-corrected chi connectivity index (χ3v) is 3.80. The summed E-state index contributed by atoms with van der Waals surface area (Å²) in [6.07, 6.45) is 2.36. The predicted molar refractivity (Wildman–Crippen MR) is 108 cm³/mol. The second-order valence-corrected chi connectivity index (χ2v) is 5.69. The third-order valence-electron chi connectivity index (χ3n) is 3.80. The molecule has 1 heterocycles. The fraction of sp³-hybridized carbons (Fsp3) is 0.389. The first-order valence-corrected chi connectivity index (χ1v) is 8.05. The van der Waals surface area contributed by atoms with E-state index in [1.807, 2.05) is 38.2 Å². The fourth-order valence-corrected chi connectivity index (χ4v) is 2.47. The molecule has 0 radical (unpaired) electrons. The highest BCUT2D eigenvalue weighted by molar-refractivity contribution is 14.0. The van der Waals surface area contributed by atoms with Crippen LogP contribution in [0.1, 0.15) is 18.2 Å². The Bertz CT molecular complexity index is 700. The molecule has 7 heteroatoms. The van der Waals surface area contributed by atoms with Gasteiger partial charge in [-0.2, -0.15) is 0 Å². The minimum Gasteiger partial charge on any atom is -0.357 e. The number of guanidine groups is 1. The maximum Gasteiger partial charge on any atom is 0.194 e. The molecule has 1 aromatic carbocycles. The molecule has 0 aliphatic carbocycles. The zero-order valence-electron chi connectivity index (χ0n) is 14.8. The number of aliphatic imine (C=N–C) groups is 1. The molecule has 0 atom stereocenters. The summed E-state index contributed by atoms with van der Waals surface area (Å²) in [5.41, 5.74) is 1.51. The number of nitrogens with one attached hydrogen (secondary N) is 1. The van der Waals surface area contributed by atoms with Crippen LogP contribution < -0.4 is 5.32 Å². The van der Waals surface area contributed by atoms with Gasteiger partial charge in [0.25, 0.3) is 0 Å². The van der Waals surface area contributed by atoms with Crippen LogP contribution in [-0.4, -0.2) is 35.6 Å². The average molecular weight is 462 g/mol. The molecule has 0 unspecified atom stereocenters. The molecule has 0 fully saturated rings. The van der Waals surface area contributed by atoms with Crippen molar-refractivity contribution in [2.75, 3.05) is 20.1 Å². The number of halogens is 3. The van der Waals surface area contributed by atoms with Gasteiger partial charge < -0.3 is 14.8 Å². The zero-order chi connectivity index (χ0) is 17.5. The van der Waals surface area contributed by atoms with E-state index in [-0.39, 0.29) is 24.0 Å².